The molecule has 7 heteroatoms. The Hall–Kier alpha value is -2.96. The monoisotopic (exact) mass is 328 g/mol. The minimum absolute atomic E-state index is 0.255. The molecule has 0 aliphatic rings. The second kappa shape index (κ2) is 8.05. The standard InChI is InChI=1S/C17H20N4O3/c1-4-20(11-13(2)3)16(22)12-24-17(23)14-6-7-15(18-10-14)21-9-5-8-19-21/h5-10H,2,4,11-12H2,1,3H3. The average molecular weight is 328 g/mol. The van der Waals surface area contributed by atoms with Crippen molar-refractivity contribution in [3.63, 3.8) is 0 Å². The first-order chi connectivity index (χ1) is 11.5. The van der Waals surface area contributed by atoms with E-state index in [1.165, 1.54) is 6.20 Å². The first kappa shape index (κ1) is 17.4. The SMILES string of the molecule is C=C(C)CN(CC)C(=O)COC(=O)c1ccc(-n2cccn2)nc1. The minimum Gasteiger partial charge on any atom is -0.452 e. The third kappa shape index (κ3) is 4.52. The number of esters is 1. The van der Waals surface area contributed by atoms with E-state index in [-0.39, 0.29) is 18.1 Å². The quantitative estimate of drug-likeness (QED) is 0.572. The number of amides is 1. The number of likely N-dealkylation sites (N-methyl/N-ethyl adjacent to an activating group) is 1. The summed E-state index contributed by atoms with van der Waals surface area (Å²) in [5.74, 6) is -0.254. The van der Waals surface area contributed by atoms with Gasteiger partial charge in [-0.25, -0.2) is 14.5 Å². The van der Waals surface area contributed by atoms with Crippen LogP contribution in [0, 0.1) is 0 Å². The lowest BCUT2D eigenvalue weighted by Crippen LogP contribution is -2.35. The van der Waals surface area contributed by atoms with Gasteiger partial charge in [0.2, 0.25) is 0 Å². The molecule has 0 unspecified atom stereocenters. The molecule has 0 saturated heterocycles. The van der Waals surface area contributed by atoms with Gasteiger partial charge in [-0.1, -0.05) is 12.2 Å². The predicted molar refractivity (Wildman–Crippen MR) is 88.7 cm³/mol. The molecule has 7 nitrogen and oxygen atoms in total. The van der Waals surface area contributed by atoms with Crippen LogP contribution in [0.5, 0.6) is 0 Å². The number of carbonyl (C=O) groups is 2. The summed E-state index contributed by atoms with van der Waals surface area (Å²) in [4.78, 5) is 29.8. The van der Waals surface area contributed by atoms with Crippen LogP contribution in [0.25, 0.3) is 5.82 Å². The molecule has 0 aromatic carbocycles. The summed E-state index contributed by atoms with van der Waals surface area (Å²) in [5, 5.41) is 4.05. The van der Waals surface area contributed by atoms with Crippen LogP contribution in [0.1, 0.15) is 24.2 Å². The van der Waals surface area contributed by atoms with Crippen LogP contribution in [0.4, 0.5) is 0 Å². The number of hydrogen-bond donors (Lipinski definition) is 0. The van der Waals surface area contributed by atoms with Crippen LogP contribution < -0.4 is 0 Å². The van der Waals surface area contributed by atoms with E-state index in [9.17, 15) is 9.59 Å². The highest BCUT2D eigenvalue weighted by molar-refractivity contribution is 5.91. The van der Waals surface area contributed by atoms with Crippen molar-refractivity contribution < 1.29 is 14.3 Å². The molecule has 0 spiro atoms. The zero-order valence-electron chi connectivity index (χ0n) is 13.8. The van der Waals surface area contributed by atoms with Crippen molar-refractivity contribution >= 4 is 11.9 Å². The molecule has 1 amide bonds. The average Bonchev–Trinajstić information content (AvgIpc) is 3.11. The molecule has 0 bridgehead atoms. The fourth-order valence-corrected chi connectivity index (χ4v) is 2.05. The molecule has 2 rings (SSSR count). The van der Waals surface area contributed by atoms with Crippen LogP contribution >= 0.6 is 0 Å². The highest BCUT2D eigenvalue weighted by Gasteiger charge is 2.15. The first-order valence-corrected chi connectivity index (χ1v) is 7.56. The lowest BCUT2D eigenvalue weighted by molar-refractivity contribution is -0.133. The molecule has 0 aliphatic carbocycles. The second-order valence-corrected chi connectivity index (χ2v) is 5.30. The van der Waals surface area contributed by atoms with Crippen LogP contribution in [-0.4, -0.2) is 51.2 Å². The van der Waals surface area contributed by atoms with Gasteiger partial charge in [-0.05, 0) is 32.0 Å². The van der Waals surface area contributed by atoms with Gasteiger partial charge in [-0.15, -0.1) is 0 Å². The maximum atomic E-state index is 12.0. The van der Waals surface area contributed by atoms with Gasteiger partial charge < -0.3 is 9.64 Å². The summed E-state index contributed by atoms with van der Waals surface area (Å²) in [6.07, 6.45) is 4.79. The molecule has 0 atom stereocenters. The maximum absolute atomic E-state index is 12.0. The fourth-order valence-electron chi connectivity index (χ4n) is 2.05. The van der Waals surface area contributed by atoms with Gasteiger partial charge in [-0.2, -0.15) is 5.10 Å². The van der Waals surface area contributed by atoms with E-state index >= 15 is 0 Å². The molecule has 2 aromatic rings. The summed E-state index contributed by atoms with van der Waals surface area (Å²) >= 11 is 0. The van der Waals surface area contributed by atoms with E-state index in [0.717, 1.165) is 5.57 Å². The largest absolute Gasteiger partial charge is 0.452 e. The highest BCUT2D eigenvalue weighted by Crippen LogP contribution is 2.06. The van der Waals surface area contributed by atoms with Crippen molar-refractivity contribution in [2.24, 2.45) is 0 Å². The van der Waals surface area contributed by atoms with E-state index in [2.05, 4.69) is 16.7 Å². The summed E-state index contributed by atoms with van der Waals surface area (Å²) in [5.41, 5.74) is 1.15. The lowest BCUT2D eigenvalue weighted by atomic mass is 10.3. The zero-order valence-corrected chi connectivity index (χ0v) is 13.8. The Kier molecular flexibility index (Phi) is 5.83. The summed E-state index contributed by atoms with van der Waals surface area (Å²) in [7, 11) is 0. The summed E-state index contributed by atoms with van der Waals surface area (Å²) in [6.45, 7) is 8.16. The Morgan fingerprint density at radius 2 is 2.17 bits per heavy atom. The Morgan fingerprint density at radius 1 is 1.38 bits per heavy atom. The molecule has 2 heterocycles. The van der Waals surface area contributed by atoms with E-state index < -0.39 is 5.97 Å². The van der Waals surface area contributed by atoms with Gasteiger partial charge in [0.05, 0.1) is 5.56 Å². The Bertz CT molecular complexity index is 708. The molecular weight excluding hydrogens is 308 g/mol. The van der Waals surface area contributed by atoms with E-state index in [1.54, 1.807) is 40.2 Å². The van der Waals surface area contributed by atoms with Gasteiger partial charge in [0.1, 0.15) is 0 Å². The van der Waals surface area contributed by atoms with Crippen molar-refractivity contribution in [2.45, 2.75) is 13.8 Å². The highest BCUT2D eigenvalue weighted by atomic mass is 16.5. The number of pyridine rings is 1. The van der Waals surface area contributed by atoms with Crippen LogP contribution in [0.15, 0.2) is 48.9 Å². The van der Waals surface area contributed by atoms with Gasteiger partial charge in [0.15, 0.2) is 12.4 Å². The van der Waals surface area contributed by atoms with Crippen molar-refractivity contribution in [1.29, 1.82) is 0 Å². The maximum Gasteiger partial charge on any atom is 0.340 e. The third-order valence-corrected chi connectivity index (χ3v) is 3.24. The number of aromatic nitrogens is 3. The van der Waals surface area contributed by atoms with Crippen molar-refractivity contribution in [2.75, 3.05) is 19.7 Å². The van der Waals surface area contributed by atoms with Crippen molar-refractivity contribution in [3.05, 3.63) is 54.5 Å². The minimum atomic E-state index is -0.589. The fraction of sp³-hybridized carbons (Fsp3) is 0.294. The number of rotatable bonds is 7. The molecule has 0 N–H and O–H groups in total. The number of ether oxygens (including phenoxy) is 1. The van der Waals surface area contributed by atoms with Gasteiger partial charge in [0.25, 0.3) is 5.91 Å². The van der Waals surface area contributed by atoms with Gasteiger partial charge >= 0.3 is 5.97 Å². The normalized spacial score (nSPS) is 10.2. The molecule has 126 valence electrons. The zero-order chi connectivity index (χ0) is 17.5. The molecule has 0 saturated carbocycles. The van der Waals surface area contributed by atoms with E-state index in [1.807, 2.05) is 13.8 Å². The van der Waals surface area contributed by atoms with Crippen LogP contribution in [0.2, 0.25) is 0 Å². The molecule has 24 heavy (non-hydrogen) atoms. The van der Waals surface area contributed by atoms with Crippen LogP contribution in [0.3, 0.4) is 0 Å². The number of nitrogens with zero attached hydrogens (tertiary/aromatic N) is 4. The lowest BCUT2D eigenvalue weighted by Gasteiger charge is -2.20. The van der Waals surface area contributed by atoms with Crippen molar-refractivity contribution in [3.8, 4) is 5.82 Å². The third-order valence-electron chi connectivity index (χ3n) is 3.24. The Morgan fingerprint density at radius 3 is 2.71 bits per heavy atom. The smallest absolute Gasteiger partial charge is 0.340 e. The van der Waals surface area contributed by atoms with Gasteiger partial charge in [0, 0.05) is 31.7 Å². The van der Waals surface area contributed by atoms with E-state index in [0.29, 0.717) is 18.9 Å². The van der Waals surface area contributed by atoms with Crippen molar-refractivity contribution in [1.82, 2.24) is 19.7 Å². The first-order valence-electron chi connectivity index (χ1n) is 7.56. The second-order valence-electron chi connectivity index (χ2n) is 5.30. The Balaban J connectivity index is 1.92. The number of hydrogen-bond acceptors (Lipinski definition) is 5. The molecule has 2 aromatic heterocycles. The summed E-state index contributed by atoms with van der Waals surface area (Å²) < 4.78 is 6.64. The van der Waals surface area contributed by atoms with Crippen LogP contribution in [-0.2, 0) is 9.53 Å². The summed E-state index contributed by atoms with van der Waals surface area (Å²) in [6, 6.07) is 5.02. The molecule has 0 radical (unpaired) electrons. The molecule has 0 aliphatic heterocycles. The van der Waals surface area contributed by atoms with E-state index in [4.69, 9.17) is 4.74 Å². The Labute approximate surface area is 140 Å². The predicted octanol–water partition coefficient (Wildman–Crippen LogP) is 1.85. The van der Waals surface area contributed by atoms with Gasteiger partial charge in [-0.3, -0.25) is 4.79 Å². The molecular formula is C17H20N4O3. The number of carbonyl (C=O) groups excluding carboxylic acids is 2. The topological polar surface area (TPSA) is 77.3 Å². The molecule has 0 fully saturated rings.